The number of likely N-dealkylation sites (N-methyl/N-ethyl adjacent to an activating group) is 1. The number of nitrogens with one attached hydrogen (secondary N) is 2. The van der Waals surface area contributed by atoms with Gasteiger partial charge >= 0.3 is 6.03 Å². The summed E-state index contributed by atoms with van der Waals surface area (Å²) in [5.74, 6) is -1.11. The number of thiazole rings is 1. The van der Waals surface area contributed by atoms with Crippen LogP contribution in [0.5, 0.6) is 0 Å². The molecule has 2 atom stereocenters. The van der Waals surface area contributed by atoms with Gasteiger partial charge in [0.05, 0.1) is 15.7 Å². The van der Waals surface area contributed by atoms with E-state index in [1.807, 2.05) is 25.1 Å². The van der Waals surface area contributed by atoms with Crippen molar-refractivity contribution in [1.29, 1.82) is 0 Å². The Bertz CT molecular complexity index is 1510. The molecule has 0 radical (unpaired) electrons. The second-order valence-electron chi connectivity index (χ2n) is 9.76. The van der Waals surface area contributed by atoms with Gasteiger partial charge in [0.1, 0.15) is 29.7 Å². The Labute approximate surface area is 235 Å². The van der Waals surface area contributed by atoms with Crippen LogP contribution in [0.3, 0.4) is 0 Å². The van der Waals surface area contributed by atoms with Crippen molar-refractivity contribution in [1.82, 2.24) is 20.6 Å². The molecule has 1 unspecified atom stereocenters. The summed E-state index contributed by atoms with van der Waals surface area (Å²) in [5, 5.41) is 5.75. The highest BCUT2D eigenvalue weighted by Gasteiger charge is 2.29. The Hall–Kier alpha value is -4.12. The molecule has 1 aliphatic heterocycles. The first kappa shape index (κ1) is 27.4. The smallest absolute Gasteiger partial charge is 0.317 e. The third-order valence-electron chi connectivity index (χ3n) is 7.04. The summed E-state index contributed by atoms with van der Waals surface area (Å²) in [6, 6.07) is 10.8. The van der Waals surface area contributed by atoms with E-state index in [-0.39, 0.29) is 18.2 Å². The highest BCUT2D eigenvalue weighted by molar-refractivity contribution is 7.16. The number of urea groups is 1. The number of pyridine rings is 1. The Morgan fingerprint density at radius 1 is 1.10 bits per heavy atom. The zero-order valence-electron chi connectivity index (χ0n) is 22.2. The Morgan fingerprint density at radius 2 is 1.90 bits per heavy atom. The molecule has 0 saturated heterocycles. The van der Waals surface area contributed by atoms with Crippen LogP contribution in [0.2, 0.25) is 0 Å². The molecule has 2 aromatic carbocycles. The normalized spacial score (nSPS) is 14.3. The van der Waals surface area contributed by atoms with Gasteiger partial charge in [0.15, 0.2) is 0 Å². The maximum absolute atomic E-state index is 14.0. The summed E-state index contributed by atoms with van der Waals surface area (Å²) in [6.07, 6.45) is 3.72. The molecule has 0 fully saturated rings. The Morgan fingerprint density at radius 3 is 2.67 bits per heavy atom. The largest absolute Gasteiger partial charge is 0.336 e. The van der Waals surface area contributed by atoms with Crippen LogP contribution < -0.4 is 20.4 Å². The molecule has 3 amide bonds. The van der Waals surface area contributed by atoms with E-state index >= 15 is 0 Å². The molecule has 40 heavy (non-hydrogen) atoms. The number of hydrogen-bond acceptors (Lipinski definition) is 6. The summed E-state index contributed by atoms with van der Waals surface area (Å²) >= 11 is 1.49. The van der Waals surface area contributed by atoms with Crippen LogP contribution in [0.25, 0.3) is 10.2 Å². The van der Waals surface area contributed by atoms with E-state index < -0.39 is 29.6 Å². The predicted molar refractivity (Wildman–Crippen MR) is 153 cm³/mol. The number of halogens is 2. The van der Waals surface area contributed by atoms with Gasteiger partial charge in [-0.25, -0.2) is 23.5 Å². The Balaban J connectivity index is 1.37. The highest BCUT2D eigenvalue weighted by atomic mass is 32.1. The van der Waals surface area contributed by atoms with Crippen molar-refractivity contribution in [2.45, 2.75) is 44.8 Å². The minimum atomic E-state index is -1.10. The number of anilines is 2. The average molecular weight is 565 g/mol. The quantitative estimate of drug-likeness (QED) is 0.313. The lowest BCUT2D eigenvalue weighted by Crippen LogP contribution is -2.57. The average Bonchev–Trinajstić information content (AvgIpc) is 3.42. The molecule has 2 N–H and O–H groups in total. The van der Waals surface area contributed by atoms with E-state index in [1.54, 1.807) is 30.9 Å². The van der Waals surface area contributed by atoms with Crippen LogP contribution in [0.1, 0.15) is 30.9 Å². The van der Waals surface area contributed by atoms with Crippen molar-refractivity contribution in [3.8, 4) is 0 Å². The van der Waals surface area contributed by atoms with Crippen LogP contribution in [0, 0.1) is 11.6 Å². The third-order valence-corrected chi connectivity index (χ3v) is 7.85. The van der Waals surface area contributed by atoms with Gasteiger partial charge in [-0.3, -0.25) is 4.79 Å². The summed E-state index contributed by atoms with van der Waals surface area (Å²) in [5.41, 5.74) is 4.43. The number of amides is 3. The Kier molecular flexibility index (Phi) is 8.20. The fraction of sp³-hybridized carbons (Fsp3) is 0.310. The maximum Gasteiger partial charge on any atom is 0.317 e. The molecular formula is C29H30F2N6O2S. The SMILES string of the molecule is CCC(NC(=O)N[C@@H](Cc1cc(F)cc(F)c1)C(=O)N(C)c1ccc2scnc2c1)N1CCCc2cccnc21. The van der Waals surface area contributed by atoms with Gasteiger partial charge in [-0.05, 0) is 66.8 Å². The number of aryl methyl sites for hydroxylation is 1. The molecule has 0 spiro atoms. The van der Waals surface area contributed by atoms with Gasteiger partial charge < -0.3 is 20.4 Å². The topological polar surface area (TPSA) is 90.5 Å². The molecule has 5 rings (SSSR count). The number of fused-ring (bicyclic) bond motifs is 2. The number of benzene rings is 2. The van der Waals surface area contributed by atoms with Crippen molar-refractivity contribution in [2.24, 2.45) is 0 Å². The van der Waals surface area contributed by atoms with Crippen molar-refractivity contribution < 1.29 is 18.4 Å². The predicted octanol–water partition coefficient (Wildman–Crippen LogP) is 5.03. The minimum absolute atomic E-state index is 0.102. The molecular weight excluding hydrogens is 534 g/mol. The van der Waals surface area contributed by atoms with Crippen LogP contribution in [-0.2, 0) is 17.6 Å². The molecule has 208 valence electrons. The second-order valence-corrected chi connectivity index (χ2v) is 10.6. The lowest BCUT2D eigenvalue weighted by atomic mass is 10.0. The molecule has 0 aliphatic carbocycles. The highest BCUT2D eigenvalue weighted by Crippen LogP contribution is 2.27. The van der Waals surface area contributed by atoms with Gasteiger partial charge in [-0.2, -0.15) is 0 Å². The molecule has 2 aromatic heterocycles. The van der Waals surface area contributed by atoms with Crippen molar-refractivity contribution in [3.05, 3.63) is 83.0 Å². The van der Waals surface area contributed by atoms with Crippen LogP contribution >= 0.6 is 11.3 Å². The molecule has 3 heterocycles. The summed E-state index contributed by atoms with van der Waals surface area (Å²) < 4.78 is 28.9. The summed E-state index contributed by atoms with van der Waals surface area (Å²) in [6.45, 7) is 2.69. The van der Waals surface area contributed by atoms with Gasteiger partial charge in [0, 0.05) is 38.0 Å². The van der Waals surface area contributed by atoms with Crippen LogP contribution in [0.4, 0.5) is 25.1 Å². The first-order valence-electron chi connectivity index (χ1n) is 13.2. The number of carbonyl (C=O) groups excluding carboxylic acids is 2. The van der Waals surface area contributed by atoms with Gasteiger partial charge in [0.2, 0.25) is 5.91 Å². The third kappa shape index (κ3) is 6.04. The van der Waals surface area contributed by atoms with E-state index in [0.29, 0.717) is 12.1 Å². The van der Waals surface area contributed by atoms with Crippen molar-refractivity contribution in [3.63, 3.8) is 0 Å². The first-order valence-corrected chi connectivity index (χ1v) is 14.0. The molecule has 0 bridgehead atoms. The summed E-state index contributed by atoms with van der Waals surface area (Å²) in [7, 11) is 1.60. The van der Waals surface area contributed by atoms with Gasteiger partial charge in [-0.15, -0.1) is 11.3 Å². The first-order chi connectivity index (χ1) is 19.3. The standard InChI is InChI=1S/C29H30F2N6O2S/c1-3-26(37-11-5-7-19-6-4-10-32-27(19)37)35-29(39)34-24(14-18-12-20(30)15-21(31)13-18)28(38)36(2)22-8-9-25-23(16-22)33-17-40-25/h4,6,8-10,12-13,15-17,24,26H,3,5,7,11,14H2,1-2H3,(H2,34,35,39)/t24-,26?/m0/s1. The molecule has 4 aromatic rings. The van der Waals surface area contributed by atoms with E-state index in [1.165, 1.54) is 16.2 Å². The minimum Gasteiger partial charge on any atom is -0.336 e. The van der Waals surface area contributed by atoms with Crippen molar-refractivity contribution >= 4 is 45.0 Å². The van der Waals surface area contributed by atoms with E-state index in [2.05, 4.69) is 25.5 Å². The van der Waals surface area contributed by atoms with Gasteiger partial charge in [0.25, 0.3) is 0 Å². The molecule has 11 heteroatoms. The fourth-order valence-electron chi connectivity index (χ4n) is 5.07. The number of aromatic nitrogens is 2. The number of rotatable bonds is 8. The van der Waals surface area contributed by atoms with E-state index in [0.717, 1.165) is 59.2 Å². The van der Waals surface area contributed by atoms with Gasteiger partial charge in [-0.1, -0.05) is 13.0 Å². The second kappa shape index (κ2) is 12.0. The summed E-state index contributed by atoms with van der Waals surface area (Å²) in [4.78, 5) is 39.3. The van der Waals surface area contributed by atoms with Crippen LogP contribution in [0.15, 0.2) is 60.2 Å². The van der Waals surface area contributed by atoms with E-state index in [9.17, 15) is 18.4 Å². The number of hydrogen-bond donors (Lipinski definition) is 2. The molecule has 1 aliphatic rings. The number of carbonyl (C=O) groups is 2. The number of nitrogens with zero attached hydrogens (tertiary/aromatic N) is 4. The van der Waals surface area contributed by atoms with Crippen LogP contribution in [-0.4, -0.2) is 47.7 Å². The zero-order valence-corrected chi connectivity index (χ0v) is 23.0. The fourth-order valence-corrected chi connectivity index (χ4v) is 5.72. The molecule has 0 saturated carbocycles. The zero-order chi connectivity index (χ0) is 28.2. The van der Waals surface area contributed by atoms with E-state index in [4.69, 9.17) is 0 Å². The lowest BCUT2D eigenvalue weighted by Gasteiger charge is -2.37. The van der Waals surface area contributed by atoms with Crippen molar-refractivity contribution in [2.75, 3.05) is 23.4 Å². The monoisotopic (exact) mass is 564 g/mol. The lowest BCUT2D eigenvalue weighted by molar-refractivity contribution is -0.120. The maximum atomic E-state index is 14.0. The molecule has 8 nitrogen and oxygen atoms in total.